The van der Waals surface area contributed by atoms with Gasteiger partial charge in [-0.05, 0) is 62.9 Å². The molecule has 0 bridgehead atoms. The summed E-state index contributed by atoms with van der Waals surface area (Å²) in [6.45, 7) is 2.54. The number of carbonyl (C=O) groups excluding carboxylic acids is 2. The minimum absolute atomic E-state index is 0.0197. The lowest BCUT2D eigenvalue weighted by Crippen LogP contribution is -2.44. The fourth-order valence-electron chi connectivity index (χ4n) is 4.75. The van der Waals surface area contributed by atoms with Crippen LogP contribution < -0.4 is 10.1 Å². The van der Waals surface area contributed by atoms with Crippen LogP contribution in [0.2, 0.25) is 5.02 Å². The first kappa shape index (κ1) is 23.5. The molecule has 2 aromatic carbocycles. The van der Waals surface area contributed by atoms with Crippen LogP contribution in [0.25, 0.3) is 11.0 Å². The average Bonchev–Trinajstić information content (AvgIpc) is 3.43. The van der Waals surface area contributed by atoms with E-state index < -0.39 is 11.9 Å². The summed E-state index contributed by atoms with van der Waals surface area (Å²) in [5.41, 5.74) is 1.80. The molecule has 1 aromatic heterocycles. The molecular formula is C26H26ClFN2O5. The maximum absolute atomic E-state index is 13.6. The number of aryl methyl sites for hydroxylation is 1. The van der Waals surface area contributed by atoms with E-state index in [1.807, 2.05) is 25.1 Å². The molecule has 1 N–H and O–H groups in total. The Bertz CT molecular complexity index is 1250. The zero-order chi connectivity index (χ0) is 24.5. The van der Waals surface area contributed by atoms with Crippen LogP contribution >= 0.6 is 11.6 Å². The maximum atomic E-state index is 13.6. The molecule has 7 nitrogen and oxygen atoms in total. The highest BCUT2D eigenvalue weighted by Gasteiger charge is 2.38. The number of nitrogens with one attached hydrogen (secondary N) is 1. The molecule has 3 aromatic rings. The first-order valence-corrected chi connectivity index (χ1v) is 12.1. The van der Waals surface area contributed by atoms with Gasteiger partial charge in [0.05, 0.1) is 11.6 Å². The number of ether oxygens (including phenoxy) is 2. The number of benzene rings is 2. The smallest absolute Gasteiger partial charge is 0.410 e. The topological polar surface area (TPSA) is 81.0 Å². The molecule has 2 aliphatic rings. The second kappa shape index (κ2) is 9.77. The zero-order valence-electron chi connectivity index (χ0n) is 19.3. The van der Waals surface area contributed by atoms with Crippen molar-refractivity contribution >= 4 is 34.6 Å². The highest BCUT2D eigenvalue weighted by molar-refractivity contribution is 6.30. The van der Waals surface area contributed by atoms with Crippen LogP contribution in [0.5, 0.6) is 5.75 Å². The van der Waals surface area contributed by atoms with E-state index in [0.717, 1.165) is 36.6 Å². The Morgan fingerprint density at radius 3 is 2.74 bits per heavy atom. The van der Waals surface area contributed by atoms with Crippen LogP contribution in [-0.4, -0.2) is 48.2 Å². The molecule has 9 heteroatoms. The Morgan fingerprint density at radius 2 is 1.97 bits per heavy atom. The van der Waals surface area contributed by atoms with E-state index in [4.69, 9.17) is 25.5 Å². The van der Waals surface area contributed by atoms with Gasteiger partial charge >= 0.3 is 6.09 Å². The molecular weight excluding hydrogens is 475 g/mol. The van der Waals surface area contributed by atoms with Crippen molar-refractivity contribution in [3.63, 3.8) is 0 Å². The number of furan rings is 1. The molecule has 0 spiro atoms. The molecule has 1 saturated heterocycles. The van der Waals surface area contributed by atoms with E-state index in [0.29, 0.717) is 23.6 Å². The van der Waals surface area contributed by atoms with Crippen LogP contribution in [0.3, 0.4) is 0 Å². The Kier molecular flexibility index (Phi) is 6.56. The maximum Gasteiger partial charge on any atom is 0.410 e. The Morgan fingerprint density at radius 1 is 1.17 bits per heavy atom. The standard InChI is InChI=1S/C26H26ClFN2O5/c1-15-2-9-23-16(10-15)11-24(35-23)25(31)29-17-3-5-18(6-4-17)30-13-20(34-26(30)32)14-33-19-7-8-21(27)22(28)12-19/h2,7-12,17-18,20H,3-6,13-14H2,1H3,(H,29,31). The summed E-state index contributed by atoms with van der Waals surface area (Å²) in [5, 5.41) is 3.99. The third kappa shape index (κ3) is 5.22. The third-order valence-corrected chi connectivity index (χ3v) is 6.90. The second-order valence-corrected chi connectivity index (χ2v) is 9.58. The minimum Gasteiger partial charge on any atom is -0.490 e. The van der Waals surface area contributed by atoms with E-state index in [1.54, 1.807) is 17.0 Å². The molecule has 1 saturated carbocycles. The van der Waals surface area contributed by atoms with Gasteiger partial charge in [0.15, 0.2) is 11.9 Å². The molecule has 35 heavy (non-hydrogen) atoms. The molecule has 5 rings (SSSR count). The predicted molar refractivity (Wildman–Crippen MR) is 128 cm³/mol. The number of fused-ring (bicyclic) bond motifs is 1. The molecule has 2 fully saturated rings. The van der Waals surface area contributed by atoms with Gasteiger partial charge < -0.3 is 24.1 Å². The van der Waals surface area contributed by atoms with Crippen LogP contribution in [0, 0.1) is 12.7 Å². The van der Waals surface area contributed by atoms with Gasteiger partial charge in [-0.25, -0.2) is 9.18 Å². The number of cyclic esters (lactones) is 1. The van der Waals surface area contributed by atoms with Gasteiger partial charge in [-0.3, -0.25) is 4.79 Å². The molecule has 1 atom stereocenters. The average molecular weight is 501 g/mol. The molecule has 1 aliphatic heterocycles. The first-order valence-electron chi connectivity index (χ1n) is 11.7. The van der Waals surface area contributed by atoms with Crippen molar-refractivity contribution in [1.82, 2.24) is 10.2 Å². The quantitative estimate of drug-likeness (QED) is 0.485. The van der Waals surface area contributed by atoms with Crippen molar-refractivity contribution in [1.29, 1.82) is 0 Å². The highest BCUT2D eigenvalue weighted by Crippen LogP contribution is 2.28. The number of rotatable bonds is 6. The molecule has 1 unspecified atom stereocenters. The SMILES string of the molecule is Cc1ccc2oc(C(=O)NC3CCC(N4CC(COc5ccc(Cl)c(F)c5)OC4=O)CC3)cc2c1. The van der Waals surface area contributed by atoms with Crippen molar-refractivity contribution in [3.05, 3.63) is 64.6 Å². The number of carbonyl (C=O) groups is 2. The lowest BCUT2D eigenvalue weighted by atomic mass is 9.90. The molecule has 2 amide bonds. The zero-order valence-corrected chi connectivity index (χ0v) is 20.0. The van der Waals surface area contributed by atoms with E-state index in [2.05, 4.69) is 5.32 Å². The number of hydrogen-bond acceptors (Lipinski definition) is 5. The van der Waals surface area contributed by atoms with Gasteiger partial charge in [0, 0.05) is 23.5 Å². The van der Waals surface area contributed by atoms with E-state index >= 15 is 0 Å². The van der Waals surface area contributed by atoms with Gasteiger partial charge in [0.1, 0.15) is 23.8 Å². The number of nitrogens with zero attached hydrogens (tertiary/aromatic N) is 1. The fraction of sp³-hybridized carbons (Fsp3) is 0.385. The lowest BCUT2D eigenvalue weighted by Gasteiger charge is -2.33. The summed E-state index contributed by atoms with van der Waals surface area (Å²) in [6, 6.07) is 11.8. The Balaban J connectivity index is 1.10. The monoisotopic (exact) mass is 500 g/mol. The van der Waals surface area contributed by atoms with Crippen molar-refractivity contribution < 1.29 is 27.9 Å². The third-order valence-electron chi connectivity index (χ3n) is 6.60. The largest absolute Gasteiger partial charge is 0.490 e. The Hall–Kier alpha value is -3.26. The fourth-order valence-corrected chi connectivity index (χ4v) is 4.86. The molecule has 184 valence electrons. The Labute approximate surface area is 207 Å². The number of amides is 2. The van der Waals surface area contributed by atoms with Crippen molar-refractivity contribution in [2.75, 3.05) is 13.2 Å². The van der Waals surface area contributed by atoms with Crippen molar-refractivity contribution in [2.24, 2.45) is 0 Å². The van der Waals surface area contributed by atoms with Crippen LogP contribution in [0.1, 0.15) is 41.8 Å². The molecule has 0 radical (unpaired) electrons. The highest BCUT2D eigenvalue weighted by atomic mass is 35.5. The predicted octanol–water partition coefficient (Wildman–Crippen LogP) is 5.47. The summed E-state index contributed by atoms with van der Waals surface area (Å²) < 4.78 is 30.3. The van der Waals surface area contributed by atoms with E-state index in [9.17, 15) is 14.0 Å². The summed E-state index contributed by atoms with van der Waals surface area (Å²) >= 11 is 5.69. The van der Waals surface area contributed by atoms with Gasteiger partial charge in [-0.15, -0.1) is 0 Å². The van der Waals surface area contributed by atoms with E-state index in [-0.39, 0.29) is 35.7 Å². The van der Waals surface area contributed by atoms with Gasteiger partial charge in [-0.2, -0.15) is 0 Å². The van der Waals surface area contributed by atoms with Crippen molar-refractivity contribution in [3.8, 4) is 5.75 Å². The summed E-state index contributed by atoms with van der Waals surface area (Å²) in [4.78, 5) is 26.9. The van der Waals surface area contributed by atoms with Gasteiger partial charge in [0.25, 0.3) is 5.91 Å². The van der Waals surface area contributed by atoms with Gasteiger partial charge in [-0.1, -0.05) is 23.2 Å². The number of hydrogen-bond donors (Lipinski definition) is 1. The first-order chi connectivity index (χ1) is 16.9. The summed E-state index contributed by atoms with van der Waals surface area (Å²) in [6.07, 6.45) is 2.22. The second-order valence-electron chi connectivity index (χ2n) is 9.18. The summed E-state index contributed by atoms with van der Waals surface area (Å²) in [7, 11) is 0. The van der Waals surface area contributed by atoms with Crippen LogP contribution in [-0.2, 0) is 4.74 Å². The normalized spacial score (nSPS) is 22.3. The van der Waals surface area contributed by atoms with Crippen LogP contribution in [0.15, 0.2) is 46.9 Å². The molecule has 2 heterocycles. The summed E-state index contributed by atoms with van der Waals surface area (Å²) in [5.74, 6) is -0.149. The van der Waals surface area contributed by atoms with Crippen molar-refractivity contribution in [2.45, 2.75) is 50.8 Å². The van der Waals surface area contributed by atoms with Gasteiger partial charge in [0.2, 0.25) is 0 Å². The van der Waals surface area contributed by atoms with E-state index in [1.165, 1.54) is 12.1 Å². The minimum atomic E-state index is -0.562. The lowest BCUT2D eigenvalue weighted by molar-refractivity contribution is 0.0880. The number of halogens is 2. The van der Waals surface area contributed by atoms with Crippen LogP contribution in [0.4, 0.5) is 9.18 Å². The molecule has 1 aliphatic carbocycles.